The van der Waals surface area contributed by atoms with Crippen LogP contribution in [0.15, 0.2) is 60.7 Å². The van der Waals surface area contributed by atoms with Crippen LogP contribution in [-0.4, -0.2) is 54.7 Å². The first-order valence-electron chi connectivity index (χ1n) is 7.93. The Balaban J connectivity index is 2.10. The van der Waals surface area contributed by atoms with Crippen LogP contribution in [0.3, 0.4) is 0 Å². The van der Waals surface area contributed by atoms with Crippen molar-refractivity contribution in [2.75, 3.05) is 39.8 Å². The van der Waals surface area contributed by atoms with Crippen LogP contribution in [0, 0.1) is 0 Å². The summed E-state index contributed by atoms with van der Waals surface area (Å²) >= 11 is 0. The first-order valence-corrected chi connectivity index (χ1v) is 7.93. The van der Waals surface area contributed by atoms with Gasteiger partial charge in [-0.2, -0.15) is 0 Å². The van der Waals surface area contributed by atoms with Gasteiger partial charge in [0, 0.05) is 26.2 Å². The maximum absolute atomic E-state index is 9.34. The Hall–Kier alpha value is -1.68. The molecule has 0 saturated carbocycles. The van der Waals surface area contributed by atoms with Crippen LogP contribution < -0.4 is 0 Å². The Morgan fingerprint density at radius 2 is 1.45 bits per heavy atom. The molecule has 116 valence electrons. The summed E-state index contributed by atoms with van der Waals surface area (Å²) in [5.74, 6) is 0. The fourth-order valence-electron chi connectivity index (χ4n) is 3.56. The number of aliphatic hydroxyl groups is 1. The van der Waals surface area contributed by atoms with Crippen LogP contribution in [-0.2, 0) is 5.54 Å². The van der Waals surface area contributed by atoms with E-state index in [0.717, 1.165) is 26.2 Å². The van der Waals surface area contributed by atoms with Gasteiger partial charge in [-0.15, -0.1) is 0 Å². The predicted molar refractivity (Wildman–Crippen MR) is 89.8 cm³/mol. The zero-order valence-electron chi connectivity index (χ0n) is 13.2. The molecule has 0 radical (unpaired) electrons. The molecule has 1 N–H and O–H groups in total. The summed E-state index contributed by atoms with van der Waals surface area (Å²) in [7, 11) is 2.20. The van der Waals surface area contributed by atoms with Gasteiger partial charge in [0.05, 0.1) is 12.1 Å². The topological polar surface area (TPSA) is 26.7 Å². The van der Waals surface area contributed by atoms with Crippen molar-refractivity contribution in [2.24, 2.45) is 0 Å². The van der Waals surface area contributed by atoms with Crippen LogP contribution in [0.1, 0.15) is 11.1 Å². The van der Waals surface area contributed by atoms with Gasteiger partial charge in [-0.1, -0.05) is 60.7 Å². The zero-order chi connectivity index (χ0) is 15.4. The number of aliphatic hydroxyl groups excluding tert-OH is 1. The normalized spacial score (nSPS) is 19.2. The molecule has 1 heterocycles. The molecule has 0 unspecified atom stereocenters. The Bertz CT molecular complexity index is 545. The lowest BCUT2D eigenvalue weighted by Gasteiger charge is -2.50. The predicted octanol–water partition coefficient (Wildman–Crippen LogP) is 2.17. The molecule has 2 aromatic rings. The lowest BCUT2D eigenvalue weighted by atomic mass is 9.79. The van der Waals surface area contributed by atoms with Gasteiger partial charge >= 0.3 is 0 Å². The molecule has 1 aliphatic rings. The average molecular weight is 296 g/mol. The maximum Gasteiger partial charge on any atom is 0.0842 e. The number of benzene rings is 2. The average Bonchev–Trinajstić information content (AvgIpc) is 2.58. The van der Waals surface area contributed by atoms with Crippen molar-refractivity contribution < 1.29 is 5.11 Å². The van der Waals surface area contributed by atoms with Crippen molar-refractivity contribution in [1.82, 2.24) is 9.80 Å². The largest absolute Gasteiger partial charge is 0.395 e. The minimum absolute atomic E-state index is 0.157. The second-order valence-electron chi connectivity index (χ2n) is 6.01. The molecule has 0 amide bonds. The third kappa shape index (κ3) is 2.68. The van der Waals surface area contributed by atoms with Gasteiger partial charge in [0.15, 0.2) is 0 Å². The van der Waals surface area contributed by atoms with Crippen LogP contribution in [0.5, 0.6) is 0 Å². The molecule has 1 fully saturated rings. The van der Waals surface area contributed by atoms with E-state index in [1.807, 2.05) is 0 Å². The lowest BCUT2D eigenvalue weighted by Crippen LogP contribution is -2.59. The number of nitrogens with zero attached hydrogens (tertiary/aromatic N) is 2. The first kappa shape index (κ1) is 15.2. The monoisotopic (exact) mass is 296 g/mol. The van der Waals surface area contributed by atoms with E-state index < -0.39 is 0 Å². The van der Waals surface area contributed by atoms with Crippen molar-refractivity contribution in [3.05, 3.63) is 71.8 Å². The Morgan fingerprint density at radius 1 is 0.909 bits per heavy atom. The fraction of sp³-hybridized carbons (Fsp3) is 0.368. The molecule has 1 saturated heterocycles. The summed E-state index contributed by atoms with van der Waals surface area (Å²) < 4.78 is 0. The van der Waals surface area contributed by atoms with E-state index in [9.17, 15) is 5.11 Å². The van der Waals surface area contributed by atoms with Gasteiger partial charge < -0.3 is 5.11 Å². The van der Waals surface area contributed by atoms with Gasteiger partial charge in [0.1, 0.15) is 0 Å². The molecule has 0 aliphatic carbocycles. The highest BCUT2D eigenvalue weighted by molar-refractivity contribution is 5.39. The minimum atomic E-state index is -0.157. The number of likely N-dealkylation sites (N-methyl/N-ethyl adjacent to an activating group) is 1. The number of piperazine rings is 1. The summed E-state index contributed by atoms with van der Waals surface area (Å²) in [5, 5.41) is 9.34. The van der Waals surface area contributed by atoms with E-state index in [4.69, 9.17) is 0 Å². The summed E-state index contributed by atoms with van der Waals surface area (Å²) in [5.41, 5.74) is 2.47. The van der Waals surface area contributed by atoms with Crippen molar-refractivity contribution >= 4 is 0 Å². The van der Waals surface area contributed by atoms with Crippen LogP contribution in [0.2, 0.25) is 0 Å². The summed E-state index contributed by atoms with van der Waals surface area (Å²) in [6.45, 7) is 3.83. The van der Waals surface area contributed by atoms with E-state index in [0.29, 0.717) is 0 Å². The number of β-amino-alcohol motifs (C(OH)–C–C–N with tert-alkyl or cyclic N) is 1. The van der Waals surface area contributed by atoms with Gasteiger partial charge in [-0.05, 0) is 18.2 Å². The number of hydrogen-bond donors (Lipinski definition) is 1. The zero-order valence-corrected chi connectivity index (χ0v) is 13.2. The molecule has 0 spiro atoms. The van der Waals surface area contributed by atoms with Crippen molar-refractivity contribution in [1.29, 1.82) is 0 Å². The van der Waals surface area contributed by atoms with E-state index in [-0.39, 0.29) is 12.1 Å². The van der Waals surface area contributed by atoms with E-state index in [2.05, 4.69) is 77.5 Å². The molecule has 3 rings (SSSR count). The fourth-order valence-corrected chi connectivity index (χ4v) is 3.56. The second-order valence-corrected chi connectivity index (χ2v) is 6.01. The van der Waals surface area contributed by atoms with Crippen molar-refractivity contribution in [3.8, 4) is 0 Å². The Kier molecular flexibility index (Phi) is 4.57. The van der Waals surface area contributed by atoms with Crippen LogP contribution >= 0.6 is 0 Å². The molecule has 3 heteroatoms. The highest BCUT2D eigenvalue weighted by Gasteiger charge is 2.42. The van der Waals surface area contributed by atoms with Crippen LogP contribution in [0.25, 0.3) is 0 Å². The SMILES string of the molecule is CN1CCN(CCO)CC1(c1ccccc1)c1ccccc1. The third-order valence-electron chi connectivity index (χ3n) is 4.77. The van der Waals surface area contributed by atoms with E-state index >= 15 is 0 Å². The third-order valence-corrected chi connectivity index (χ3v) is 4.77. The molecule has 22 heavy (non-hydrogen) atoms. The van der Waals surface area contributed by atoms with Crippen LogP contribution in [0.4, 0.5) is 0 Å². The maximum atomic E-state index is 9.34. The minimum Gasteiger partial charge on any atom is -0.395 e. The Morgan fingerprint density at radius 3 is 1.95 bits per heavy atom. The van der Waals surface area contributed by atoms with Gasteiger partial charge in [-0.3, -0.25) is 9.80 Å². The molecule has 3 nitrogen and oxygen atoms in total. The number of rotatable bonds is 4. The van der Waals surface area contributed by atoms with E-state index in [1.54, 1.807) is 0 Å². The molecule has 0 aromatic heterocycles. The van der Waals surface area contributed by atoms with Crippen molar-refractivity contribution in [3.63, 3.8) is 0 Å². The summed E-state index contributed by atoms with van der Waals surface area (Å²) in [6, 6.07) is 21.4. The smallest absolute Gasteiger partial charge is 0.0842 e. The summed E-state index contributed by atoms with van der Waals surface area (Å²) in [4.78, 5) is 4.81. The lowest BCUT2D eigenvalue weighted by molar-refractivity contribution is 0.0315. The van der Waals surface area contributed by atoms with Gasteiger partial charge in [0.2, 0.25) is 0 Å². The molecular weight excluding hydrogens is 272 g/mol. The Labute approximate surface area is 132 Å². The van der Waals surface area contributed by atoms with E-state index in [1.165, 1.54) is 11.1 Å². The van der Waals surface area contributed by atoms with Gasteiger partial charge in [-0.25, -0.2) is 0 Å². The summed E-state index contributed by atoms with van der Waals surface area (Å²) in [6.07, 6.45) is 0. The molecule has 0 atom stereocenters. The second kappa shape index (κ2) is 6.61. The molecular formula is C19H24N2O. The quantitative estimate of drug-likeness (QED) is 0.937. The molecule has 0 bridgehead atoms. The highest BCUT2D eigenvalue weighted by atomic mass is 16.3. The number of hydrogen-bond acceptors (Lipinski definition) is 3. The van der Waals surface area contributed by atoms with Crippen molar-refractivity contribution in [2.45, 2.75) is 5.54 Å². The molecule has 1 aliphatic heterocycles. The standard InChI is InChI=1S/C19H24N2O/c1-20-12-13-21(14-15-22)16-19(20,17-8-4-2-5-9-17)18-10-6-3-7-11-18/h2-11,22H,12-16H2,1H3. The first-order chi connectivity index (χ1) is 10.8. The van der Waals surface area contributed by atoms with Gasteiger partial charge in [0.25, 0.3) is 0 Å². The molecule has 2 aromatic carbocycles. The highest BCUT2D eigenvalue weighted by Crippen LogP contribution is 2.37.